The maximum Gasteiger partial charge on any atom is 0.227 e. The minimum Gasteiger partial charge on any atom is -0.493 e. The summed E-state index contributed by atoms with van der Waals surface area (Å²) in [4.78, 5) is 11.6. The third-order valence-corrected chi connectivity index (χ3v) is 2.40. The number of ether oxygens (including phenoxy) is 1. The van der Waals surface area contributed by atoms with Gasteiger partial charge in [-0.1, -0.05) is 0 Å². The van der Waals surface area contributed by atoms with Crippen molar-refractivity contribution < 1.29 is 13.9 Å². The van der Waals surface area contributed by atoms with Gasteiger partial charge >= 0.3 is 0 Å². The fourth-order valence-electron chi connectivity index (χ4n) is 1.50. The van der Waals surface area contributed by atoms with Crippen molar-refractivity contribution in [3.63, 3.8) is 0 Å². The van der Waals surface area contributed by atoms with E-state index in [-0.39, 0.29) is 24.8 Å². The quantitative estimate of drug-likeness (QED) is 0.897. The van der Waals surface area contributed by atoms with Crippen LogP contribution in [0.3, 0.4) is 0 Å². The Hall–Kier alpha value is -2.37. The van der Waals surface area contributed by atoms with Gasteiger partial charge in [0.2, 0.25) is 5.91 Å². The van der Waals surface area contributed by atoms with E-state index in [4.69, 9.17) is 4.74 Å². The number of carbonyl (C=O) groups excluding carboxylic acids is 1. The maximum atomic E-state index is 12.7. The Kier molecular flexibility index (Phi) is 4.12. The zero-order valence-electron chi connectivity index (χ0n) is 10.5. The number of anilines is 1. The third-order valence-electron chi connectivity index (χ3n) is 2.40. The molecule has 0 aliphatic carbocycles. The van der Waals surface area contributed by atoms with E-state index in [1.807, 2.05) is 0 Å². The summed E-state index contributed by atoms with van der Waals surface area (Å²) >= 11 is 0. The molecule has 0 aliphatic rings. The first kappa shape index (κ1) is 13.1. The molecule has 0 atom stereocenters. The Morgan fingerprint density at radius 3 is 2.79 bits per heavy atom. The van der Waals surface area contributed by atoms with E-state index in [1.54, 1.807) is 24.1 Å². The normalized spacial score (nSPS) is 10.2. The van der Waals surface area contributed by atoms with Gasteiger partial charge in [-0.05, 0) is 24.3 Å². The summed E-state index contributed by atoms with van der Waals surface area (Å²) in [7, 11) is 1.77. The molecule has 1 amide bonds. The number of nitrogens with zero attached hydrogens (tertiary/aromatic N) is 2. The summed E-state index contributed by atoms with van der Waals surface area (Å²) in [5, 5.41) is 6.64. The van der Waals surface area contributed by atoms with Gasteiger partial charge in [-0.3, -0.25) is 9.48 Å². The molecule has 1 heterocycles. The van der Waals surface area contributed by atoms with Crippen LogP contribution in [0.1, 0.15) is 6.42 Å². The Morgan fingerprint density at radius 1 is 1.42 bits per heavy atom. The van der Waals surface area contributed by atoms with E-state index in [9.17, 15) is 9.18 Å². The topological polar surface area (TPSA) is 56.2 Å². The van der Waals surface area contributed by atoms with E-state index >= 15 is 0 Å². The van der Waals surface area contributed by atoms with Gasteiger partial charge in [-0.15, -0.1) is 0 Å². The Balaban J connectivity index is 1.73. The lowest BCUT2D eigenvalue weighted by Crippen LogP contribution is -2.14. The van der Waals surface area contributed by atoms with Crippen LogP contribution < -0.4 is 10.1 Å². The highest BCUT2D eigenvalue weighted by atomic mass is 19.1. The minimum atomic E-state index is -0.318. The van der Waals surface area contributed by atoms with Gasteiger partial charge in [0.25, 0.3) is 0 Å². The Morgan fingerprint density at radius 2 is 2.16 bits per heavy atom. The second-order valence-electron chi connectivity index (χ2n) is 4.00. The number of benzene rings is 1. The maximum absolute atomic E-state index is 12.7. The van der Waals surface area contributed by atoms with Crippen LogP contribution in [0.15, 0.2) is 36.7 Å². The number of aryl methyl sites for hydroxylation is 1. The first-order valence-electron chi connectivity index (χ1n) is 5.80. The average Bonchev–Trinajstić information content (AvgIpc) is 2.77. The molecular formula is C13H14FN3O2. The Labute approximate surface area is 110 Å². The Bertz CT molecular complexity index is 551. The zero-order chi connectivity index (χ0) is 13.7. The van der Waals surface area contributed by atoms with Crippen LogP contribution in [-0.2, 0) is 11.8 Å². The van der Waals surface area contributed by atoms with Crippen LogP contribution >= 0.6 is 0 Å². The van der Waals surface area contributed by atoms with Gasteiger partial charge in [-0.25, -0.2) is 4.39 Å². The minimum absolute atomic E-state index is 0.157. The van der Waals surface area contributed by atoms with Crippen molar-refractivity contribution in [2.24, 2.45) is 7.05 Å². The molecule has 0 bridgehead atoms. The van der Waals surface area contributed by atoms with Crippen molar-refractivity contribution in [1.29, 1.82) is 0 Å². The predicted octanol–water partition coefficient (Wildman–Crippen LogP) is 1.97. The number of hydrogen-bond acceptors (Lipinski definition) is 3. The molecule has 0 unspecified atom stereocenters. The summed E-state index contributed by atoms with van der Waals surface area (Å²) in [6, 6.07) is 5.67. The summed E-state index contributed by atoms with van der Waals surface area (Å²) in [5.74, 6) is 0.0624. The number of halogens is 1. The second kappa shape index (κ2) is 5.99. The van der Waals surface area contributed by atoms with Crippen LogP contribution in [0.25, 0.3) is 0 Å². The third kappa shape index (κ3) is 4.09. The van der Waals surface area contributed by atoms with Crippen LogP contribution in [0.4, 0.5) is 10.1 Å². The van der Waals surface area contributed by atoms with Gasteiger partial charge in [0.1, 0.15) is 11.6 Å². The first-order chi connectivity index (χ1) is 9.13. The molecule has 2 rings (SSSR count). The molecule has 100 valence electrons. The van der Waals surface area contributed by atoms with E-state index in [1.165, 1.54) is 24.3 Å². The van der Waals surface area contributed by atoms with E-state index in [0.717, 1.165) is 0 Å². The lowest BCUT2D eigenvalue weighted by atomic mass is 10.3. The number of rotatable bonds is 5. The summed E-state index contributed by atoms with van der Waals surface area (Å²) < 4.78 is 19.6. The molecule has 19 heavy (non-hydrogen) atoms. The van der Waals surface area contributed by atoms with Crippen LogP contribution in [0.5, 0.6) is 5.75 Å². The number of nitrogens with one attached hydrogen (secondary N) is 1. The van der Waals surface area contributed by atoms with Crippen LogP contribution in [0, 0.1) is 5.82 Å². The SMILES string of the molecule is Cn1cc(NC(=O)CCOc2ccc(F)cc2)cn1. The van der Waals surface area contributed by atoms with E-state index in [2.05, 4.69) is 10.4 Å². The molecule has 0 saturated heterocycles. The predicted molar refractivity (Wildman–Crippen MR) is 68.3 cm³/mol. The standard InChI is InChI=1S/C13H14FN3O2/c1-17-9-11(8-15-17)16-13(18)6-7-19-12-4-2-10(14)3-5-12/h2-5,8-9H,6-7H2,1H3,(H,16,18). The van der Waals surface area contributed by atoms with Crippen molar-refractivity contribution in [3.8, 4) is 5.75 Å². The molecule has 2 aromatic rings. The molecule has 5 nitrogen and oxygen atoms in total. The summed E-state index contributed by atoms with van der Waals surface area (Å²) in [6.45, 7) is 0.234. The van der Waals surface area contributed by atoms with Crippen molar-refractivity contribution in [3.05, 3.63) is 42.5 Å². The fourth-order valence-corrected chi connectivity index (χ4v) is 1.50. The molecule has 0 radical (unpaired) electrons. The zero-order valence-corrected chi connectivity index (χ0v) is 10.5. The highest BCUT2D eigenvalue weighted by Crippen LogP contribution is 2.11. The van der Waals surface area contributed by atoms with E-state index in [0.29, 0.717) is 11.4 Å². The molecule has 0 fully saturated rings. The van der Waals surface area contributed by atoms with Gasteiger partial charge in [-0.2, -0.15) is 5.10 Å². The second-order valence-corrected chi connectivity index (χ2v) is 4.00. The number of hydrogen-bond donors (Lipinski definition) is 1. The molecule has 1 aromatic carbocycles. The molecular weight excluding hydrogens is 249 g/mol. The van der Waals surface area contributed by atoms with Gasteiger partial charge in [0.05, 0.1) is 24.9 Å². The summed E-state index contributed by atoms with van der Waals surface area (Å²) in [5.41, 5.74) is 0.647. The van der Waals surface area contributed by atoms with Crippen LogP contribution in [0.2, 0.25) is 0 Å². The highest BCUT2D eigenvalue weighted by Gasteiger charge is 2.04. The molecule has 0 spiro atoms. The first-order valence-corrected chi connectivity index (χ1v) is 5.80. The lowest BCUT2D eigenvalue weighted by Gasteiger charge is -2.06. The molecule has 0 aliphatic heterocycles. The molecule has 6 heteroatoms. The number of aromatic nitrogens is 2. The van der Waals surface area contributed by atoms with Gasteiger partial charge in [0, 0.05) is 13.2 Å². The molecule has 1 N–H and O–H groups in total. The number of carbonyl (C=O) groups is 1. The smallest absolute Gasteiger partial charge is 0.227 e. The summed E-state index contributed by atoms with van der Waals surface area (Å²) in [6.07, 6.45) is 3.49. The fraction of sp³-hybridized carbons (Fsp3) is 0.231. The van der Waals surface area contributed by atoms with Crippen molar-refractivity contribution in [2.45, 2.75) is 6.42 Å². The van der Waals surface area contributed by atoms with Gasteiger partial charge < -0.3 is 10.1 Å². The average molecular weight is 263 g/mol. The molecule has 0 saturated carbocycles. The van der Waals surface area contributed by atoms with Crippen molar-refractivity contribution in [2.75, 3.05) is 11.9 Å². The van der Waals surface area contributed by atoms with Gasteiger partial charge in [0.15, 0.2) is 0 Å². The van der Waals surface area contributed by atoms with Crippen LogP contribution in [-0.4, -0.2) is 22.3 Å². The van der Waals surface area contributed by atoms with Crippen molar-refractivity contribution >= 4 is 11.6 Å². The van der Waals surface area contributed by atoms with Crippen molar-refractivity contribution in [1.82, 2.24) is 9.78 Å². The monoisotopic (exact) mass is 263 g/mol. The molecule has 1 aromatic heterocycles. The largest absolute Gasteiger partial charge is 0.493 e. The lowest BCUT2D eigenvalue weighted by molar-refractivity contribution is -0.116. The number of amides is 1. The highest BCUT2D eigenvalue weighted by molar-refractivity contribution is 5.90. The van der Waals surface area contributed by atoms with E-state index < -0.39 is 0 Å².